The average molecular weight is 392 g/mol. The van der Waals surface area contributed by atoms with Gasteiger partial charge in [-0.1, -0.05) is 42.3 Å². The summed E-state index contributed by atoms with van der Waals surface area (Å²) in [6.07, 6.45) is 7.64. The number of hydrogen-bond acceptors (Lipinski definition) is 3. The van der Waals surface area contributed by atoms with E-state index >= 15 is 0 Å². The predicted octanol–water partition coefficient (Wildman–Crippen LogP) is 5.32. The maximum atomic E-state index is 12.4. The summed E-state index contributed by atoms with van der Waals surface area (Å²) in [5, 5.41) is 11.0. The fourth-order valence-electron chi connectivity index (χ4n) is 2.43. The number of terminal acetylenes is 1. The van der Waals surface area contributed by atoms with Gasteiger partial charge in [-0.2, -0.15) is 0 Å². The van der Waals surface area contributed by atoms with Crippen molar-refractivity contribution in [2.45, 2.75) is 26.4 Å². The zero-order valence-corrected chi connectivity index (χ0v) is 16.7. The zero-order valence-electron chi connectivity index (χ0n) is 16.7. The molecule has 2 aromatic rings. The molecule has 6 nitrogen and oxygen atoms in total. The highest BCUT2D eigenvalue weighted by atomic mass is 16.6. The molecule has 0 fully saturated rings. The topological polar surface area (TPSA) is 78.9 Å². The smallest absolute Gasteiger partial charge is 0.415 e. The number of hydrogen-bond donors (Lipinski definition) is 2. The molecule has 0 aromatic heterocycles. The van der Waals surface area contributed by atoms with Crippen molar-refractivity contribution in [1.82, 2.24) is 0 Å². The van der Waals surface area contributed by atoms with E-state index in [2.05, 4.69) is 11.2 Å². The van der Waals surface area contributed by atoms with Gasteiger partial charge in [-0.25, -0.2) is 9.59 Å². The molecular weight excluding hydrogens is 368 g/mol. The van der Waals surface area contributed by atoms with Crippen molar-refractivity contribution in [2.24, 2.45) is 0 Å². The minimum Gasteiger partial charge on any atom is -0.465 e. The lowest BCUT2D eigenvalue weighted by Crippen LogP contribution is -2.37. The van der Waals surface area contributed by atoms with Gasteiger partial charge in [-0.3, -0.25) is 10.2 Å². The molecule has 0 saturated carbocycles. The quantitative estimate of drug-likeness (QED) is 0.533. The lowest BCUT2D eigenvalue weighted by atomic mass is 10.1. The Labute approximate surface area is 170 Å². The first-order chi connectivity index (χ1) is 13.7. The number of carbonyl (C=O) groups is 2. The maximum Gasteiger partial charge on any atom is 0.415 e. The molecule has 0 unspecified atom stereocenters. The van der Waals surface area contributed by atoms with Gasteiger partial charge in [-0.15, -0.1) is 6.42 Å². The lowest BCUT2D eigenvalue weighted by molar-refractivity contribution is 0.0585. The molecule has 0 saturated heterocycles. The third kappa shape index (κ3) is 7.07. The van der Waals surface area contributed by atoms with E-state index in [1.165, 1.54) is 4.90 Å². The number of anilines is 2. The van der Waals surface area contributed by atoms with Gasteiger partial charge in [0.2, 0.25) is 0 Å². The Balaban J connectivity index is 2.09. The Morgan fingerprint density at radius 3 is 2.03 bits per heavy atom. The number of nitrogens with one attached hydrogen (secondary N) is 1. The summed E-state index contributed by atoms with van der Waals surface area (Å²) >= 11 is 0. The van der Waals surface area contributed by atoms with Crippen LogP contribution in [0.3, 0.4) is 0 Å². The van der Waals surface area contributed by atoms with Crippen LogP contribution >= 0.6 is 0 Å². The number of carbonyl (C=O) groups excluding carboxylic acids is 1. The van der Waals surface area contributed by atoms with Crippen LogP contribution in [0, 0.1) is 12.3 Å². The Morgan fingerprint density at radius 1 is 1.07 bits per heavy atom. The summed E-state index contributed by atoms with van der Waals surface area (Å²) in [7, 11) is 0. The van der Waals surface area contributed by atoms with Crippen LogP contribution in [0.4, 0.5) is 21.0 Å². The lowest BCUT2D eigenvalue weighted by Gasteiger charge is -2.26. The first kappa shape index (κ1) is 21.6. The second-order valence-corrected chi connectivity index (χ2v) is 7.25. The van der Waals surface area contributed by atoms with Crippen LogP contribution in [0.1, 0.15) is 31.9 Å². The molecule has 0 spiro atoms. The molecule has 150 valence electrons. The van der Waals surface area contributed by atoms with E-state index in [0.717, 1.165) is 11.1 Å². The van der Waals surface area contributed by atoms with E-state index in [0.29, 0.717) is 11.4 Å². The zero-order chi connectivity index (χ0) is 21.4. The summed E-state index contributed by atoms with van der Waals surface area (Å²) in [5.41, 5.74) is 2.41. The first-order valence-electron chi connectivity index (χ1n) is 9.00. The molecule has 2 N–H and O–H groups in total. The van der Waals surface area contributed by atoms with E-state index < -0.39 is 17.8 Å². The average Bonchev–Trinajstić information content (AvgIpc) is 2.64. The Morgan fingerprint density at radius 2 is 1.59 bits per heavy atom. The van der Waals surface area contributed by atoms with E-state index in [-0.39, 0.29) is 6.54 Å². The molecule has 0 aliphatic carbocycles. The van der Waals surface area contributed by atoms with Gasteiger partial charge in [0.05, 0.1) is 6.54 Å². The monoisotopic (exact) mass is 392 g/mol. The van der Waals surface area contributed by atoms with Crippen molar-refractivity contribution < 1.29 is 19.4 Å². The van der Waals surface area contributed by atoms with Crippen LogP contribution in [0.25, 0.3) is 12.2 Å². The fraction of sp³-hybridized carbons (Fsp3) is 0.217. The molecule has 2 rings (SSSR count). The van der Waals surface area contributed by atoms with E-state index in [1.807, 2.05) is 36.4 Å². The van der Waals surface area contributed by atoms with Gasteiger partial charge in [0.15, 0.2) is 0 Å². The number of rotatable bonds is 5. The number of nitrogens with zero attached hydrogens (tertiary/aromatic N) is 1. The van der Waals surface area contributed by atoms with Crippen molar-refractivity contribution >= 4 is 35.7 Å². The van der Waals surface area contributed by atoms with Crippen LogP contribution in [0.5, 0.6) is 0 Å². The van der Waals surface area contributed by atoms with Crippen LogP contribution in [-0.4, -0.2) is 29.4 Å². The van der Waals surface area contributed by atoms with Crippen molar-refractivity contribution in [2.75, 3.05) is 16.8 Å². The van der Waals surface area contributed by atoms with Crippen LogP contribution < -0.4 is 10.2 Å². The molecule has 0 radical (unpaired) electrons. The van der Waals surface area contributed by atoms with E-state index in [9.17, 15) is 9.59 Å². The molecule has 6 heteroatoms. The Bertz CT molecular complexity index is 917. The second-order valence-electron chi connectivity index (χ2n) is 7.25. The summed E-state index contributed by atoms with van der Waals surface area (Å²) in [6.45, 7) is 5.52. The molecule has 2 amide bonds. The summed E-state index contributed by atoms with van der Waals surface area (Å²) in [4.78, 5) is 24.4. The molecular formula is C23H24N2O4. The molecule has 0 aliphatic heterocycles. The third-order valence-corrected chi connectivity index (χ3v) is 3.70. The van der Waals surface area contributed by atoms with Gasteiger partial charge >= 0.3 is 12.2 Å². The standard InChI is InChI=1S/C23H24N2O4/c1-5-16-25(22(28)29-23(2,3)4)20-14-10-18(11-15-20)7-6-17-8-12-19(13-9-17)24-21(26)27/h1,6-15,24H,16H2,2-4H3,(H,26,27). The number of ether oxygens (including phenoxy) is 1. The predicted molar refractivity (Wildman–Crippen MR) is 116 cm³/mol. The summed E-state index contributed by atoms with van der Waals surface area (Å²) in [5.74, 6) is 2.48. The third-order valence-electron chi connectivity index (χ3n) is 3.70. The molecule has 29 heavy (non-hydrogen) atoms. The number of benzene rings is 2. The highest BCUT2D eigenvalue weighted by Crippen LogP contribution is 2.20. The van der Waals surface area contributed by atoms with Crippen molar-refractivity contribution in [3.63, 3.8) is 0 Å². The van der Waals surface area contributed by atoms with Gasteiger partial charge in [0.1, 0.15) is 5.60 Å². The Kier molecular flexibility index (Phi) is 7.05. The highest BCUT2D eigenvalue weighted by molar-refractivity contribution is 5.88. The van der Waals surface area contributed by atoms with Gasteiger partial charge in [-0.05, 0) is 56.2 Å². The minimum absolute atomic E-state index is 0.112. The van der Waals surface area contributed by atoms with Gasteiger partial charge in [0, 0.05) is 11.4 Å². The maximum absolute atomic E-state index is 12.4. The number of amides is 2. The molecule has 0 bridgehead atoms. The first-order valence-corrected chi connectivity index (χ1v) is 9.00. The molecule has 0 aliphatic rings. The Hall–Kier alpha value is -3.72. The van der Waals surface area contributed by atoms with Crippen molar-refractivity contribution in [1.29, 1.82) is 0 Å². The van der Waals surface area contributed by atoms with Gasteiger partial charge < -0.3 is 9.84 Å². The number of carboxylic acid groups (broad SMARTS) is 1. The van der Waals surface area contributed by atoms with Crippen LogP contribution in [0.2, 0.25) is 0 Å². The van der Waals surface area contributed by atoms with E-state index in [1.54, 1.807) is 45.0 Å². The van der Waals surface area contributed by atoms with Crippen molar-refractivity contribution in [3.05, 3.63) is 59.7 Å². The highest BCUT2D eigenvalue weighted by Gasteiger charge is 2.22. The molecule has 2 aromatic carbocycles. The second kappa shape index (κ2) is 9.47. The molecule has 0 atom stereocenters. The fourth-order valence-corrected chi connectivity index (χ4v) is 2.43. The largest absolute Gasteiger partial charge is 0.465 e. The van der Waals surface area contributed by atoms with Crippen LogP contribution in [0.15, 0.2) is 48.5 Å². The normalized spacial score (nSPS) is 11.0. The van der Waals surface area contributed by atoms with E-state index in [4.69, 9.17) is 16.3 Å². The summed E-state index contributed by atoms with van der Waals surface area (Å²) < 4.78 is 5.41. The van der Waals surface area contributed by atoms with Crippen LogP contribution in [-0.2, 0) is 4.74 Å². The molecule has 0 heterocycles. The summed E-state index contributed by atoms with van der Waals surface area (Å²) in [6, 6.07) is 14.4. The van der Waals surface area contributed by atoms with Gasteiger partial charge in [0.25, 0.3) is 0 Å². The minimum atomic E-state index is -1.10. The van der Waals surface area contributed by atoms with Crippen molar-refractivity contribution in [3.8, 4) is 12.3 Å². The SMILES string of the molecule is C#CCN(C(=O)OC(C)(C)C)c1ccc(C=Cc2ccc(NC(=O)O)cc2)cc1.